The SMILES string of the molecule is CCNC(=O)C[C@H]1CC[C@H]2[C@@H](COc3ccc(NC(=O)Nc4cccc(OC)c4)cc3C(=O)N2C)O1. The highest BCUT2D eigenvalue weighted by molar-refractivity contribution is 6.02. The minimum Gasteiger partial charge on any atom is -0.497 e. The van der Waals surface area contributed by atoms with Gasteiger partial charge in [0.05, 0.1) is 31.2 Å². The lowest BCUT2D eigenvalue weighted by molar-refractivity contribution is -0.133. The van der Waals surface area contributed by atoms with Crippen LogP contribution in [0.2, 0.25) is 0 Å². The van der Waals surface area contributed by atoms with E-state index in [-0.39, 0.29) is 43.1 Å². The fraction of sp³-hybridized carbons (Fsp3) is 0.423. The molecule has 3 atom stereocenters. The zero-order valence-electron chi connectivity index (χ0n) is 20.7. The van der Waals surface area contributed by atoms with Gasteiger partial charge in [0.15, 0.2) is 0 Å². The van der Waals surface area contributed by atoms with E-state index in [1.165, 1.54) is 0 Å². The van der Waals surface area contributed by atoms with Crippen molar-refractivity contribution in [2.75, 3.05) is 37.9 Å². The summed E-state index contributed by atoms with van der Waals surface area (Å²) >= 11 is 0. The molecule has 4 amide bonds. The summed E-state index contributed by atoms with van der Waals surface area (Å²) in [5.41, 5.74) is 1.39. The van der Waals surface area contributed by atoms with Crippen LogP contribution in [-0.2, 0) is 9.53 Å². The molecular formula is C26H32N4O6. The largest absolute Gasteiger partial charge is 0.497 e. The summed E-state index contributed by atoms with van der Waals surface area (Å²) in [4.78, 5) is 39.6. The fourth-order valence-corrected chi connectivity index (χ4v) is 4.58. The maximum Gasteiger partial charge on any atom is 0.323 e. The Hall–Kier alpha value is -3.79. The smallest absolute Gasteiger partial charge is 0.323 e. The number of benzene rings is 2. The van der Waals surface area contributed by atoms with Gasteiger partial charge in [-0.1, -0.05) is 6.07 Å². The molecule has 0 saturated carbocycles. The third-order valence-corrected chi connectivity index (χ3v) is 6.38. The third kappa shape index (κ3) is 5.88. The normalized spacial score (nSPS) is 21.1. The minimum absolute atomic E-state index is 0.0436. The molecule has 2 aliphatic heterocycles. The Bertz CT molecular complexity index is 1120. The zero-order chi connectivity index (χ0) is 25.7. The topological polar surface area (TPSA) is 118 Å². The average molecular weight is 497 g/mol. The Labute approximate surface area is 210 Å². The summed E-state index contributed by atoms with van der Waals surface area (Å²) in [6, 6.07) is 11.3. The molecule has 10 nitrogen and oxygen atoms in total. The first kappa shape index (κ1) is 25.3. The second-order valence-corrected chi connectivity index (χ2v) is 8.85. The average Bonchev–Trinajstić information content (AvgIpc) is 2.86. The van der Waals surface area contributed by atoms with Crippen LogP contribution in [0.25, 0.3) is 0 Å². The van der Waals surface area contributed by atoms with Gasteiger partial charge in [0.2, 0.25) is 5.91 Å². The summed E-state index contributed by atoms with van der Waals surface area (Å²) in [6.07, 6.45) is 1.12. The van der Waals surface area contributed by atoms with Gasteiger partial charge in [-0.25, -0.2) is 4.79 Å². The van der Waals surface area contributed by atoms with Gasteiger partial charge in [-0.05, 0) is 50.1 Å². The van der Waals surface area contributed by atoms with Crippen molar-refractivity contribution < 1.29 is 28.6 Å². The number of methoxy groups -OCH3 is 1. The number of anilines is 2. The molecular weight excluding hydrogens is 464 g/mol. The number of carbonyl (C=O) groups excluding carboxylic acids is 3. The van der Waals surface area contributed by atoms with Crippen LogP contribution in [0.15, 0.2) is 42.5 Å². The molecule has 3 N–H and O–H groups in total. The van der Waals surface area contributed by atoms with Crippen LogP contribution in [0.5, 0.6) is 11.5 Å². The van der Waals surface area contributed by atoms with E-state index in [0.717, 1.165) is 0 Å². The molecule has 2 heterocycles. The van der Waals surface area contributed by atoms with Gasteiger partial charge in [-0.15, -0.1) is 0 Å². The molecule has 2 aromatic rings. The van der Waals surface area contributed by atoms with Crippen molar-refractivity contribution in [1.29, 1.82) is 0 Å². The first-order valence-corrected chi connectivity index (χ1v) is 12.1. The summed E-state index contributed by atoms with van der Waals surface area (Å²) in [5.74, 6) is 0.777. The molecule has 36 heavy (non-hydrogen) atoms. The number of nitrogens with one attached hydrogen (secondary N) is 3. The number of likely N-dealkylation sites (N-methyl/N-ethyl adjacent to an activating group) is 1. The molecule has 2 aliphatic rings. The van der Waals surface area contributed by atoms with Gasteiger partial charge in [0, 0.05) is 31.0 Å². The van der Waals surface area contributed by atoms with Crippen LogP contribution < -0.4 is 25.4 Å². The van der Waals surface area contributed by atoms with E-state index < -0.39 is 6.03 Å². The van der Waals surface area contributed by atoms with Crippen molar-refractivity contribution in [3.8, 4) is 11.5 Å². The van der Waals surface area contributed by atoms with Crippen LogP contribution in [0.3, 0.4) is 0 Å². The van der Waals surface area contributed by atoms with Crippen molar-refractivity contribution in [2.45, 2.75) is 44.4 Å². The lowest BCUT2D eigenvalue weighted by Crippen LogP contribution is -2.54. The molecule has 0 spiro atoms. The molecule has 4 rings (SSSR count). The Balaban J connectivity index is 1.44. The molecule has 192 valence electrons. The summed E-state index contributed by atoms with van der Waals surface area (Å²) in [6.45, 7) is 2.71. The van der Waals surface area contributed by atoms with Crippen LogP contribution in [0, 0.1) is 0 Å². The van der Waals surface area contributed by atoms with Crippen LogP contribution in [-0.4, -0.2) is 68.3 Å². The van der Waals surface area contributed by atoms with Crippen molar-refractivity contribution in [3.05, 3.63) is 48.0 Å². The van der Waals surface area contributed by atoms with Crippen molar-refractivity contribution in [3.63, 3.8) is 0 Å². The number of urea groups is 1. The molecule has 1 fully saturated rings. The second-order valence-electron chi connectivity index (χ2n) is 8.85. The van der Waals surface area contributed by atoms with Crippen LogP contribution in [0.4, 0.5) is 16.2 Å². The number of hydrogen-bond donors (Lipinski definition) is 3. The lowest BCUT2D eigenvalue weighted by Gasteiger charge is -2.42. The maximum absolute atomic E-state index is 13.4. The number of hydrogen-bond acceptors (Lipinski definition) is 6. The summed E-state index contributed by atoms with van der Waals surface area (Å²) in [5, 5.41) is 8.31. The number of nitrogens with zero attached hydrogens (tertiary/aromatic N) is 1. The van der Waals surface area contributed by atoms with E-state index in [2.05, 4.69) is 16.0 Å². The second kappa shape index (κ2) is 11.3. The van der Waals surface area contributed by atoms with Crippen molar-refractivity contribution in [1.82, 2.24) is 10.2 Å². The highest BCUT2D eigenvalue weighted by atomic mass is 16.5. The van der Waals surface area contributed by atoms with E-state index in [1.807, 2.05) is 6.92 Å². The van der Waals surface area contributed by atoms with E-state index in [0.29, 0.717) is 47.8 Å². The number of amides is 4. The van der Waals surface area contributed by atoms with E-state index in [1.54, 1.807) is 61.5 Å². The first-order chi connectivity index (χ1) is 17.4. The number of rotatable bonds is 6. The Morgan fingerprint density at radius 1 is 1.11 bits per heavy atom. The monoisotopic (exact) mass is 496 g/mol. The molecule has 0 bridgehead atoms. The van der Waals surface area contributed by atoms with Crippen LogP contribution in [0.1, 0.15) is 36.5 Å². The quantitative estimate of drug-likeness (QED) is 0.565. The highest BCUT2D eigenvalue weighted by Gasteiger charge is 2.39. The van der Waals surface area contributed by atoms with Gasteiger partial charge in [0.1, 0.15) is 24.2 Å². The number of carbonyl (C=O) groups is 3. The van der Waals surface area contributed by atoms with E-state index >= 15 is 0 Å². The third-order valence-electron chi connectivity index (χ3n) is 6.38. The maximum atomic E-state index is 13.4. The Morgan fingerprint density at radius 2 is 1.89 bits per heavy atom. The van der Waals surface area contributed by atoms with Gasteiger partial charge < -0.3 is 35.1 Å². The standard InChI is InChI=1S/C26H32N4O6/c1-4-27-24(31)14-19-9-10-21-23(36-19)15-35-22-11-8-17(13-20(22)25(32)30(21)2)29-26(33)28-16-6-5-7-18(12-16)34-3/h5-8,11-13,19,21,23H,4,9-10,14-15H2,1-3H3,(H,27,31)(H2,28,29,33)/t19-,21+,23-/m1/s1. The number of fused-ring (bicyclic) bond motifs is 2. The Morgan fingerprint density at radius 3 is 2.64 bits per heavy atom. The first-order valence-electron chi connectivity index (χ1n) is 12.1. The summed E-state index contributed by atoms with van der Waals surface area (Å²) < 4.78 is 17.3. The van der Waals surface area contributed by atoms with Crippen LogP contribution >= 0.6 is 0 Å². The predicted molar refractivity (Wildman–Crippen MR) is 135 cm³/mol. The van der Waals surface area contributed by atoms with Gasteiger partial charge in [-0.2, -0.15) is 0 Å². The van der Waals surface area contributed by atoms with Crippen molar-refractivity contribution in [2.24, 2.45) is 0 Å². The Kier molecular flexibility index (Phi) is 7.94. The van der Waals surface area contributed by atoms with Gasteiger partial charge in [0.25, 0.3) is 5.91 Å². The zero-order valence-corrected chi connectivity index (χ0v) is 20.7. The number of ether oxygens (including phenoxy) is 3. The van der Waals surface area contributed by atoms with E-state index in [4.69, 9.17) is 14.2 Å². The molecule has 2 aromatic carbocycles. The molecule has 0 unspecified atom stereocenters. The minimum atomic E-state index is -0.449. The molecule has 0 aromatic heterocycles. The van der Waals surface area contributed by atoms with Crippen molar-refractivity contribution >= 4 is 29.2 Å². The fourth-order valence-electron chi connectivity index (χ4n) is 4.58. The highest BCUT2D eigenvalue weighted by Crippen LogP contribution is 2.32. The molecule has 1 saturated heterocycles. The van der Waals surface area contributed by atoms with Gasteiger partial charge in [-0.3, -0.25) is 9.59 Å². The predicted octanol–water partition coefficient (Wildman–Crippen LogP) is 3.25. The molecule has 0 aliphatic carbocycles. The molecule has 0 radical (unpaired) electrons. The van der Waals surface area contributed by atoms with E-state index in [9.17, 15) is 14.4 Å². The van der Waals surface area contributed by atoms with Gasteiger partial charge >= 0.3 is 6.03 Å². The molecule has 10 heteroatoms. The summed E-state index contributed by atoms with van der Waals surface area (Å²) in [7, 11) is 3.30. The lowest BCUT2D eigenvalue weighted by atomic mass is 9.94.